The molecule has 1 aliphatic rings. The third kappa shape index (κ3) is 4.48. The van der Waals surface area contributed by atoms with E-state index < -0.39 is 17.7 Å². The zero-order valence-electron chi connectivity index (χ0n) is 19.0. The number of carbonyl (C=O) groups is 4. The molecule has 0 unspecified atom stereocenters. The van der Waals surface area contributed by atoms with Crippen molar-refractivity contribution in [1.29, 1.82) is 0 Å². The van der Waals surface area contributed by atoms with E-state index in [1.807, 2.05) is 30.3 Å². The van der Waals surface area contributed by atoms with Crippen LogP contribution in [0.4, 0.5) is 11.4 Å². The van der Waals surface area contributed by atoms with Crippen LogP contribution in [-0.4, -0.2) is 23.5 Å². The minimum Gasteiger partial charge on any atom is -0.322 e. The number of amides is 3. The SMILES string of the molecule is O=C(C=Cc1ccccc1)c1cccc(NC(=O)c2ccc3c(c2)C(=O)N(c2ccccc2)C3=O)c1. The number of allylic oxidation sites excluding steroid dienone is 1. The summed E-state index contributed by atoms with van der Waals surface area (Å²) in [4.78, 5) is 52.4. The second-order valence-electron chi connectivity index (χ2n) is 8.18. The Bertz CT molecular complexity index is 1530. The lowest BCUT2D eigenvalue weighted by atomic mass is 10.0. The molecule has 1 aliphatic heterocycles. The number of rotatable bonds is 6. The van der Waals surface area contributed by atoms with Gasteiger partial charge in [0.15, 0.2) is 5.78 Å². The van der Waals surface area contributed by atoms with E-state index in [4.69, 9.17) is 0 Å². The summed E-state index contributed by atoms with van der Waals surface area (Å²) in [6.45, 7) is 0. The van der Waals surface area contributed by atoms with Crippen LogP contribution >= 0.6 is 0 Å². The molecule has 174 valence electrons. The molecule has 1 N–H and O–H groups in total. The molecule has 0 saturated carbocycles. The van der Waals surface area contributed by atoms with Gasteiger partial charge in [-0.25, -0.2) is 4.90 Å². The van der Waals surface area contributed by atoms with Gasteiger partial charge in [-0.05, 0) is 54.1 Å². The molecule has 6 heteroatoms. The molecule has 0 aliphatic carbocycles. The fraction of sp³-hybridized carbons (Fsp3) is 0. The molecule has 0 fully saturated rings. The van der Waals surface area contributed by atoms with Gasteiger partial charge in [0, 0.05) is 16.8 Å². The Morgan fingerprint density at radius 1 is 0.667 bits per heavy atom. The molecule has 0 saturated heterocycles. The Labute approximate surface area is 207 Å². The maximum Gasteiger partial charge on any atom is 0.266 e. The molecule has 0 radical (unpaired) electrons. The monoisotopic (exact) mass is 472 g/mol. The molecular weight excluding hydrogens is 452 g/mol. The van der Waals surface area contributed by atoms with E-state index in [0.29, 0.717) is 16.9 Å². The summed E-state index contributed by atoms with van der Waals surface area (Å²) >= 11 is 0. The van der Waals surface area contributed by atoms with Crippen molar-refractivity contribution in [3.63, 3.8) is 0 Å². The van der Waals surface area contributed by atoms with Gasteiger partial charge in [-0.1, -0.05) is 66.7 Å². The number of benzene rings is 4. The van der Waals surface area contributed by atoms with Crippen LogP contribution in [0.1, 0.15) is 47.0 Å². The standard InChI is InChI=1S/C30H20N2O4/c33-27(17-14-20-8-3-1-4-9-20)21-10-7-11-23(18-21)31-28(34)22-15-16-25-26(19-22)30(36)32(29(25)35)24-12-5-2-6-13-24/h1-19H,(H,31,34). The molecule has 0 atom stereocenters. The second-order valence-corrected chi connectivity index (χ2v) is 8.18. The van der Waals surface area contributed by atoms with E-state index in [2.05, 4.69) is 5.32 Å². The molecular formula is C30H20N2O4. The van der Waals surface area contributed by atoms with Crippen molar-refractivity contribution in [2.45, 2.75) is 0 Å². The molecule has 4 aromatic carbocycles. The number of fused-ring (bicyclic) bond motifs is 1. The summed E-state index contributed by atoms with van der Waals surface area (Å²) in [5.74, 6) is -1.56. The zero-order chi connectivity index (χ0) is 25.1. The fourth-order valence-electron chi connectivity index (χ4n) is 3.98. The predicted octanol–water partition coefficient (Wildman–Crippen LogP) is 5.64. The molecule has 0 spiro atoms. The molecule has 36 heavy (non-hydrogen) atoms. The highest BCUT2D eigenvalue weighted by molar-refractivity contribution is 6.34. The van der Waals surface area contributed by atoms with Crippen LogP contribution in [-0.2, 0) is 0 Å². The van der Waals surface area contributed by atoms with Crippen LogP contribution in [0, 0.1) is 0 Å². The third-order valence-electron chi connectivity index (χ3n) is 5.79. The van der Waals surface area contributed by atoms with Gasteiger partial charge in [-0.2, -0.15) is 0 Å². The average molecular weight is 473 g/mol. The number of carbonyl (C=O) groups excluding carboxylic acids is 4. The Morgan fingerprint density at radius 2 is 1.36 bits per heavy atom. The predicted molar refractivity (Wildman–Crippen MR) is 138 cm³/mol. The molecule has 3 amide bonds. The van der Waals surface area contributed by atoms with E-state index in [0.717, 1.165) is 10.5 Å². The van der Waals surface area contributed by atoms with Gasteiger partial charge in [0.1, 0.15) is 0 Å². The first-order chi connectivity index (χ1) is 17.5. The van der Waals surface area contributed by atoms with E-state index in [1.165, 1.54) is 24.3 Å². The third-order valence-corrected chi connectivity index (χ3v) is 5.79. The van der Waals surface area contributed by atoms with Crippen molar-refractivity contribution >= 4 is 41.0 Å². The lowest BCUT2D eigenvalue weighted by Gasteiger charge is -2.13. The van der Waals surface area contributed by atoms with Crippen LogP contribution in [0.15, 0.2) is 109 Å². The molecule has 5 rings (SSSR count). The molecule has 4 aromatic rings. The van der Waals surface area contributed by atoms with Gasteiger partial charge in [-0.15, -0.1) is 0 Å². The van der Waals surface area contributed by atoms with E-state index >= 15 is 0 Å². The quantitative estimate of drug-likeness (QED) is 0.224. The van der Waals surface area contributed by atoms with Gasteiger partial charge in [-0.3, -0.25) is 19.2 Å². The molecule has 6 nitrogen and oxygen atoms in total. The number of anilines is 2. The number of para-hydroxylation sites is 1. The number of hydrogen-bond donors (Lipinski definition) is 1. The number of imide groups is 1. The maximum atomic E-state index is 13.0. The summed E-state index contributed by atoms with van der Waals surface area (Å²) in [6.07, 6.45) is 3.22. The lowest BCUT2D eigenvalue weighted by molar-refractivity contribution is 0.0924. The number of hydrogen-bond acceptors (Lipinski definition) is 4. The van der Waals surface area contributed by atoms with Gasteiger partial charge in [0.25, 0.3) is 17.7 Å². The summed E-state index contributed by atoms with van der Waals surface area (Å²) < 4.78 is 0. The lowest BCUT2D eigenvalue weighted by Crippen LogP contribution is -2.29. The Balaban J connectivity index is 1.33. The van der Waals surface area contributed by atoms with Crippen LogP contribution in [0.25, 0.3) is 6.08 Å². The van der Waals surface area contributed by atoms with Gasteiger partial charge < -0.3 is 5.32 Å². The smallest absolute Gasteiger partial charge is 0.266 e. The van der Waals surface area contributed by atoms with E-state index in [1.54, 1.807) is 60.7 Å². The Morgan fingerprint density at radius 3 is 2.11 bits per heavy atom. The molecule has 1 heterocycles. The number of nitrogens with one attached hydrogen (secondary N) is 1. The normalized spacial score (nSPS) is 12.6. The van der Waals surface area contributed by atoms with Gasteiger partial charge in [0.2, 0.25) is 0 Å². The Hall–Kier alpha value is -5.10. The topological polar surface area (TPSA) is 83.6 Å². The van der Waals surface area contributed by atoms with Crippen LogP contribution in [0.5, 0.6) is 0 Å². The summed E-state index contributed by atoms with van der Waals surface area (Å²) in [5, 5.41) is 2.76. The summed E-state index contributed by atoms with van der Waals surface area (Å²) in [5.41, 5.74) is 2.89. The van der Waals surface area contributed by atoms with Gasteiger partial charge in [0.05, 0.1) is 16.8 Å². The molecule has 0 bridgehead atoms. The van der Waals surface area contributed by atoms with E-state index in [9.17, 15) is 19.2 Å². The molecule has 0 aromatic heterocycles. The maximum absolute atomic E-state index is 13.0. The fourth-order valence-corrected chi connectivity index (χ4v) is 3.98. The van der Waals surface area contributed by atoms with Crippen molar-refractivity contribution in [1.82, 2.24) is 0 Å². The first kappa shape index (κ1) is 22.7. The Kier molecular flexibility index (Phi) is 6.07. The number of nitrogens with zero attached hydrogens (tertiary/aromatic N) is 1. The van der Waals surface area contributed by atoms with Crippen LogP contribution in [0.3, 0.4) is 0 Å². The highest BCUT2D eigenvalue weighted by Crippen LogP contribution is 2.29. The van der Waals surface area contributed by atoms with Crippen LogP contribution < -0.4 is 10.2 Å². The first-order valence-corrected chi connectivity index (χ1v) is 11.3. The zero-order valence-corrected chi connectivity index (χ0v) is 19.0. The minimum atomic E-state index is -0.478. The van der Waals surface area contributed by atoms with Gasteiger partial charge >= 0.3 is 0 Å². The van der Waals surface area contributed by atoms with Crippen molar-refractivity contribution in [3.05, 3.63) is 137 Å². The number of ketones is 1. The van der Waals surface area contributed by atoms with Crippen molar-refractivity contribution < 1.29 is 19.2 Å². The van der Waals surface area contributed by atoms with Crippen molar-refractivity contribution in [2.75, 3.05) is 10.2 Å². The minimum absolute atomic E-state index is 0.173. The summed E-state index contributed by atoms with van der Waals surface area (Å²) in [6, 6.07) is 29.2. The van der Waals surface area contributed by atoms with Crippen molar-refractivity contribution in [3.8, 4) is 0 Å². The summed E-state index contributed by atoms with van der Waals surface area (Å²) in [7, 11) is 0. The largest absolute Gasteiger partial charge is 0.322 e. The van der Waals surface area contributed by atoms with Crippen LogP contribution in [0.2, 0.25) is 0 Å². The second kappa shape index (κ2) is 9.64. The highest BCUT2D eigenvalue weighted by atomic mass is 16.2. The first-order valence-electron chi connectivity index (χ1n) is 11.3. The average Bonchev–Trinajstić information content (AvgIpc) is 3.17. The van der Waals surface area contributed by atoms with Crippen molar-refractivity contribution in [2.24, 2.45) is 0 Å². The highest BCUT2D eigenvalue weighted by Gasteiger charge is 2.37. The van der Waals surface area contributed by atoms with E-state index in [-0.39, 0.29) is 22.5 Å².